The molecule has 1 fully saturated rings. The van der Waals surface area contributed by atoms with Gasteiger partial charge in [-0.3, -0.25) is 0 Å². The lowest BCUT2D eigenvalue weighted by Gasteiger charge is -2.08. The van der Waals surface area contributed by atoms with E-state index in [9.17, 15) is 0 Å². The standard InChI is InChI=1S/C15H20N2S/c1-2-6-12(5-1)9-10-16-11-15-17-13-7-3-4-8-14(13)18-15/h3-4,7-8,12,16H,1-2,5-6,9-11H2. The van der Waals surface area contributed by atoms with Gasteiger partial charge in [0, 0.05) is 6.54 Å². The van der Waals surface area contributed by atoms with Crippen LogP contribution in [-0.2, 0) is 6.54 Å². The number of hydrogen-bond donors (Lipinski definition) is 1. The van der Waals surface area contributed by atoms with Crippen molar-refractivity contribution < 1.29 is 0 Å². The Morgan fingerprint density at radius 1 is 1.22 bits per heavy atom. The first kappa shape index (κ1) is 12.1. The molecule has 18 heavy (non-hydrogen) atoms. The van der Waals surface area contributed by atoms with Crippen LogP contribution >= 0.6 is 11.3 Å². The molecular weight excluding hydrogens is 240 g/mol. The molecule has 0 unspecified atom stereocenters. The van der Waals surface area contributed by atoms with Crippen molar-refractivity contribution in [3.05, 3.63) is 29.3 Å². The highest BCUT2D eigenvalue weighted by atomic mass is 32.1. The quantitative estimate of drug-likeness (QED) is 0.823. The van der Waals surface area contributed by atoms with Gasteiger partial charge < -0.3 is 5.32 Å². The third-order valence-corrected chi connectivity index (χ3v) is 4.85. The Morgan fingerprint density at radius 2 is 2.06 bits per heavy atom. The zero-order valence-electron chi connectivity index (χ0n) is 10.7. The van der Waals surface area contributed by atoms with Gasteiger partial charge in [0.05, 0.1) is 10.2 Å². The molecule has 0 saturated heterocycles. The molecule has 0 radical (unpaired) electrons. The van der Waals surface area contributed by atoms with Gasteiger partial charge >= 0.3 is 0 Å². The molecule has 96 valence electrons. The van der Waals surface area contributed by atoms with Gasteiger partial charge in [-0.15, -0.1) is 11.3 Å². The first-order chi connectivity index (χ1) is 8.92. The molecule has 1 heterocycles. The van der Waals surface area contributed by atoms with Crippen LogP contribution in [0.5, 0.6) is 0 Å². The van der Waals surface area contributed by atoms with E-state index in [0.29, 0.717) is 0 Å². The average Bonchev–Trinajstić information content (AvgIpc) is 3.03. The number of para-hydroxylation sites is 1. The van der Waals surface area contributed by atoms with E-state index in [2.05, 4.69) is 34.6 Å². The van der Waals surface area contributed by atoms with Gasteiger partial charge in [0.2, 0.25) is 0 Å². The second kappa shape index (κ2) is 5.81. The number of rotatable bonds is 5. The van der Waals surface area contributed by atoms with Crippen LogP contribution in [0.25, 0.3) is 10.2 Å². The smallest absolute Gasteiger partial charge is 0.108 e. The van der Waals surface area contributed by atoms with Crippen molar-refractivity contribution in [2.24, 2.45) is 5.92 Å². The van der Waals surface area contributed by atoms with Gasteiger partial charge in [-0.05, 0) is 31.0 Å². The third kappa shape index (κ3) is 2.90. The average molecular weight is 260 g/mol. The summed E-state index contributed by atoms with van der Waals surface area (Å²) in [6, 6.07) is 8.38. The van der Waals surface area contributed by atoms with Crippen LogP contribution in [0.4, 0.5) is 0 Å². The fraction of sp³-hybridized carbons (Fsp3) is 0.533. The van der Waals surface area contributed by atoms with E-state index in [4.69, 9.17) is 0 Å². The van der Waals surface area contributed by atoms with Gasteiger partial charge in [-0.25, -0.2) is 4.98 Å². The molecule has 0 bridgehead atoms. The number of thiazole rings is 1. The summed E-state index contributed by atoms with van der Waals surface area (Å²) in [6.45, 7) is 2.06. The number of aromatic nitrogens is 1. The molecule has 0 spiro atoms. The van der Waals surface area contributed by atoms with E-state index in [0.717, 1.165) is 24.5 Å². The topological polar surface area (TPSA) is 24.9 Å². The molecule has 0 aliphatic heterocycles. The van der Waals surface area contributed by atoms with Crippen LogP contribution in [0.3, 0.4) is 0 Å². The van der Waals surface area contributed by atoms with E-state index >= 15 is 0 Å². The largest absolute Gasteiger partial charge is 0.310 e. The van der Waals surface area contributed by atoms with E-state index in [1.807, 2.05) is 0 Å². The maximum absolute atomic E-state index is 4.64. The lowest BCUT2D eigenvalue weighted by atomic mass is 10.0. The molecule has 1 saturated carbocycles. The lowest BCUT2D eigenvalue weighted by Crippen LogP contribution is -2.16. The minimum Gasteiger partial charge on any atom is -0.310 e. The van der Waals surface area contributed by atoms with Gasteiger partial charge in [-0.1, -0.05) is 37.8 Å². The Labute approximate surface area is 112 Å². The summed E-state index contributed by atoms with van der Waals surface area (Å²) in [4.78, 5) is 4.64. The molecule has 1 aromatic carbocycles. The van der Waals surface area contributed by atoms with Crippen LogP contribution in [-0.4, -0.2) is 11.5 Å². The minimum absolute atomic E-state index is 0.923. The van der Waals surface area contributed by atoms with Crippen molar-refractivity contribution in [3.8, 4) is 0 Å². The highest BCUT2D eigenvalue weighted by Crippen LogP contribution is 2.27. The van der Waals surface area contributed by atoms with Crippen molar-refractivity contribution in [1.29, 1.82) is 0 Å². The normalized spacial score (nSPS) is 16.7. The van der Waals surface area contributed by atoms with Gasteiger partial charge in [-0.2, -0.15) is 0 Å². The molecule has 1 aliphatic rings. The maximum Gasteiger partial charge on any atom is 0.108 e. The molecule has 3 rings (SSSR count). The Kier molecular flexibility index (Phi) is 3.91. The molecule has 1 aromatic heterocycles. The monoisotopic (exact) mass is 260 g/mol. The Bertz CT molecular complexity index is 467. The number of nitrogens with one attached hydrogen (secondary N) is 1. The number of fused-ring (bicyclic) bond motifs is 1. The van der Waals surface area contributed by atoms with Crippen molar-refractivity contribution >= 4 is 21.6 Å². The predicted molar refractivity (Wildman–Crippen MR) is 77.9 cm³/mol. The SMILES string of the molecule is c1ccc2sc(CNCCC3CCCC3)nc2c1. The zero-order chi connectivity index (χ0) is 12.2. The fourth-order valence-corrected chi connectivity index (χ4v) is 3.73. The van der Waals surface area contributed by atoms with E-state index in [-0.39, 0.29) is 0 Å². The van der Waals surface area contributed by atoms with E-state index in [1.165, 1.54) is 41.8 Å². The molecular formula is C15H20N2S. The molecule has 1 aliphatic carbocycles. The number of benzene rings is 1. The van der Waals surface area contributed by atoms with Crippen molar-refractivity contribution in [2.75, 3.05) is 6.54 Å². The molecule has 3 heteroatoms. The fourth-order valence-electron chi connectivity index (χ4n) is 2.80. The van der Waals surface area contributed by atoms with Crippen LogP contribution in [0.2, 0.25) is 0 Å². The summed E-state index contributed by atoms with van der Waals surface area (Å²) in [5, 5.41) is 4.75. The Balaban J connectivity index is 1.47. The lowest BCUT2D eigenvalue weighted by molar-refractivity contribution is 0.477. The Hall–Kier alpha value is -0.930. The predicted octanol–water partition coefficient (Wildman–Crippen LogP) is 3.97. The first-order valence-electron chi connectivity index (χ1n) is 6.97. The highest BCUT2D eigenvalue weighted by Gasteiger charge is 2.13. The van der Waals surface area contributed by atoms with Gasteiger partial charge in [0.15, 0.2) is 0 Å². The summed E-state index contributed by atoms with van der Waals surface area (Å²) < 4.78 is 1.30. The molecule has 2 aromatic rings. The van der Waals surface area contributed by atoms with Gasteiger partial charge in [0.1, 0.15) is 5.01 Å². The summed E-state index contributed by atoms with van der Waals surface area (Å²) in [6.07, 6.45) is 7.13. The summed E-state index contributed by atoms with van der Waals surface area (Å²) in [5.74, 6) is 0.980. The summed E-state index contributed by atoms with van der Waals surface area (Å²) in [5.41, 5.74) is 1.13. The summed E-state index contributed by atoms with van der Waals surface area (Å²) >= 11 is 1.81. The third-order valence-electron chi connectivity index (χ3n) is 3.82. The summed E-state index contributed by atoms with van der Waals surface area (Å²) in [7, 11) is 0. The first-order valence-corrected chi connectivity index (χ1v) is 7.78. The van der Waals surface area contributed by atoms with Crippen molar-refractivity contribution in [2.45, 2.75) is 38.6 Å². The second-order valence-corrected chi connectivity index (χ2v) is 6.31. The zero-order valence-corrected chi connectivity index (χ0v) is 11.5. The molecule has 0 atom stereocenters. The Morgan fingerprint density at radius 3 is 2.89 bits per heavy atom. The van der Waals surface area contributed by atoms with Crippen LogP contribution in [0.1, 0.15) is 37.1 Å². The van der Waals surface area contributed by atoms with Crippen LogP contribution < -0.4 is 5.32 Å². The second-order valence-electron chi connectivity index (χ2n) is 5.19. The van der Waals surface area contributed by atoms with Crippen molar-refractivity contribution in [3.63, 3.8) is 0 Å². The minimum atomic E-state index is 0.923. The van der Waals surface area contributed by atoms with E-state index in [1.54, 1.807) is 11.3 Å². The van der Waals surface area contributed by atoms with Gasteiger partial charge in [0.25, 0.3) is 0 Å². The van der Waals surface area contributed by atoms with Crippen LogP contribution in [0.15, 0.2) is 24.3 Å². The molecule has 1 N–H and O–H groups in total. The van der Waals surface area contributed by atoms with E-state index < -0.39 is 0 Å². The molecule has 2 nitrogen and oxygen atoms in total. The number of nitrogens with zero attached hydrogens (tertiary/aromatic N) is 1. The molecule has 0 amide bonds. The number of hydrogen-bond acceptors (Lipinski definition) is 3. The highest BCUT2D eigenvalue weighted by molar-refractivity contribution is 7.18. The maximum atomic E-state index is 4.64. The van der Waals surface area contributed by atoms with Crippen LogP contribution in [0, 0.1) is 5.92 Å². The van der Waals surface area contributed by atoms with Crippen molar-refractivity contribution in [1.82, 2.24) is 10.3 Å².